The molecule has 4 heteroatoms. The molecule has 1 heterocycles. The van der Waals surface area contributed by atoms with Gasteiger partial charge in [0.15, 0.2) is 0 Å². The molecule has 0 aliphatic rings. The molecule has 0 radical (unpaired) electrons. The molecule has 0 N–H and O–H groups in total. The molecule has 0 saturated heterocycles. The summed E-state index contributed by atoms with van der Waals surface area (Å²) in [5.74, 6) is 0.702. The van der Waals surface area contributed by atoms with Gasteiger partial charge in [0, 0.05) is 7.05 Å². The van der Waals surface area contributed by atoms with Crippen LogP contribution in [0.4, 0.5) is 0 Å². The molecule has 0 fully saturated rings. The molecule has 0 aliphatic heterocycles. The second-order valence-electron chi connectivity index (χ2n) is 4.03. The maximum atomic E-state index is 8.81. The summed E-state index contributed by atoms with van der Waals surface area (Å²) in [6.45, 7) is 2.53. The lowest BCUT2D eigenvalue weighted by molar-refractivity contribution is 0.295. The highest BCUT2D eigenvalue weighted by atomic mass is 16.5. The third-order valence-corrected chi connectivity index (χ3v) is 2.74. The van der Waals surface area contributed by atoms with Crippen molar-refractivity contribution in [3.05, 3.63) is 47.3 Å². The molecule has 0 saturated carbocycles. The molecule has 0 spiro atoms. The third-order valence-electron chi connectivity index (χ3n) is 2.74. The van der Waals surface area contributed by atoms with E-state index in [1.165, 1.54) is 0 Å². The lowest BCUT2D eigenvalue weighted by Crippen LogP contribution is -2.03. The predicted octanol–water partition coefficient (Wildman–Crippen LogP) is 2.43. The zero-order valence-corrected chi connectivity index (χ0v) is 10.6. The minimum atomic E-state index is 0.457. The number of hydrogen-bond acceptors (Lipinski definition) is 3. The van der Waals surface area contributed by atoms with Crippen molar-refractivity contribution in [2.24, 2.45) is 7.05 Å². The second-order valence-corrected chi connectivity index (χ2v) is 4.03. The van der Waals surface area contributed by atoms with Crippen LogP contribution in [0.1, 0.15) is 23.9 Å². The summed E-state index contributed by atoms with van der Waals surface area (Å²) in [5.41, 5.74) is 2.68. The molecule has 0 aliphatic carbocycles. The van der Waals surface area contributed by atoms with E-state index >= 15 is 0 Å². The Bertz CT molecular complexity index is 581. The van der Waals surface area contributed by atoms with Gasteiger partial charge in [0.05, 0.1) is 23.0 Å². The Balaban J connectivity index is 2.06. The van der Waals surface area contributed by atoms with Gasteiger partial charge in [0.1, 0.15) is 12.4 Å². The van der Waals surface area contributed by atoms with Crippen molar-refractivity contribution in [1.82, 2.24) is 9.78 Å². The molecule has 2 rings (SSSR count). The number of hydrogen-bond donors (Lipinski definition) is 0. The topological polar surface area (TPSA) is 50.8 Å². The first-order valence-corrected chi connectivity index (χ1v) is 5.87. The third kappa shape index (κ3) is 2.69. The highest BCUT2D eigenvalue weighted by Gasteiger charge is 2.04. The van der Waals surface area contributed by atoms with Gasteiger partial charge in [-0.3, -0.25) is 4.68 Å². The molecule has 4 nitrogen and oxygen atoms in total. The molecule has 2 aromatic rings. The van der Waals surface area contributed by atoms with Crippen LogP contribution in [0.2, 0.25) is 0 Å². The van der Waals surface area contributed by atoms with Crippen LogP contribution in [-0.4, -0.2) is 9.78 Å². The average Bonchev–Trinajstić information content (AvgIpc) is 2.77. The summed E-state index contributed by atoms with van der Waals surface area (Å²) < 4.78 is 7.49. The van der Waals surface area contributed by atoms with Gasteiger partial charge < -0.3 is 4.74 Å². The predicted molar refractivity (Wildman–Crippen MR) is 68.1 cm³/mol. The zero-order chi connectivity index (χ0) is 13.0. The quantitative estimate of drug-likeness (QED) is 0.826. The van der Waals surface area contributed by atoms with Gasteiger partial charge in [0.2, 0.25) is 0 Å². The van der Waals surface area contributed by atoms with Gasteiger partial charge in [-0.2, -0.15) is 10.4 Å². The van der Waals surface area contributed by atoms with Crippen molar-refractivity contribution in [1.29, 1.82) is 5.26 Å². The van der Waals surface area contributed by atoms with E-state index in [4.69, 9.17) is 10.00 Å². The summed E-state index contributed by atoms with van der Waals surface area (Å²) in [6, 6.07) is 11.3. The number of aromatic nitrogens is 2. The molecule has 18 heavy (non-hydrogen) atoms. The monoisotopic (exact) mass is 241 g/mol. The van der Waals surface area contributed by atoms with E-state index in [9.17, 15) is 0 Å². The van der Waals surface area contributed by atoms with Crippen molar-refractivity contribution < 1.29 is 4.74 Å². The van der Waals surface area contributed by atoms with Crippen molar-refractivity contribution >= 4 is 0 Å². The Morgan fingerprint density at radius 2 is 2.22 bits per heavy atom. The van der Waals surface area contributed by atoms with Crippen molar-refractivity contribution in [2.75, 3.05) is 0 Å². The van der Waals surface area contributed by atoms with Gasteiger partial charge in [-0.1, -0.05) is 13.0 Å². The minimum Gasteiger partial charge on any atom is -0.487 e. The second kappa shape index (κ2) is 5.37. The molecule has 92 valence electrons. The SMILES string of the molecule is CCc1cc(COc2cccc(C#N)c2)n(C)n1. The molecule has 0 unspecified atom stereocenters. The Morgan fingerprint density at radius 3 is 2.89 bits per heavy atom. The normalized spacial score (nSPS) is 10.1. The fourth-order valence-electron chi connectivity index (χ4n) is 1.69. The molecular formula is C14H15N3O. The van der Waals surface area contributed by atoms with E-state index in [0.29, 0.717) is 17.9 Å². The molecular weight excluding hydrogens is 226 g/mol. The van der Waals surface area contributed by atoms with E-state index in [-0.39, 0.29) is 0 Å². The highest BCUT2D eigenvalue weighted by molar-refractivity contribution is 5.36. The molecule has 1 aromatic heterocycles. The molecule has 0 bridgehead atoms. The molecule has 1 aromatic carbocycles. The number of nitriles is 1. The van der Waals surface area contributed by atoms with Gasteiger partial charge in [-0.25, -0.2) is 0 Å². The maximum Gasteiger partial charge on any atom is 0.130 e. The van der Waals surface area contributed by atoms with Crippen LogP contribution < -0.4 is 4.74 Å². The van der Waals surface area contributed by atoms with Crippen LogP contribution in [0.15, 0.2) is 30.3 Å². The van der Waals surface area contributed by atoms with Crippen LogP contribution in [0.25, 0.3) is 0 Å². The van der Waals surface area contributed by atoms with Crippen LogP contribution in [0.5, 0.6) is 5.75 Å². The average molecular weight is 241 g/mol. The fraction of sp³-hybridized carbons (Fsp3) is 0.286. The maximum absolute atomic E-state index is 8.81. The van der Waals surface area contributed by atoms with Crippen molar-refractivity contribution in [3.63, 3.8) is 0 Å². The fourth-order valence-corrected chi connectivity index (χ4v) is 1.69. The van der Waals surface area contributed by atoms with Crippen LogP contribution in [-0.2, 0) is 20.1 Å². The molecule has 0 amide bonds. The van der Waals surface area contributed by atoms with Crippen molar-refractivity contribution in [2.45, 2.75) is 20.0 Å². The molecule has 0 atom stereocenters. The van der Waals surface area contributed by atoms with E-state index < -0.39 is 0 Å². The standard InChI is InChI=1S/C14H15N3O/c1-3-12-8-13(17(2)16-12)10-18-14-6-4-5-11(7-14)9-15/h4-8H,3,10H2,1-2H3. The van der Waals surface area contributed by atoms with Crippen molar-refractivity contribution in [3.8, 4) is 11.8 Å². The highest BCUT2D eigenvalue weighted by Crippen LogP contribution is 2.15. The largest absolute Gasteiger partial charge is 0.487 e. The van der Waals surface area contributed by atoms with Gasteiger partial charge >= 0.3 is 0 Å². The Hall–Kier alpha value is -2.28. The summed E-state index contributed by atoms with van der Waals surface area (Å²) in [6.07, 6.45) is 0.914. The van der Waals surface area contributed by atoms with Gasteiger partial charge in [0.25, 0.3) is 0 Å². The summed E-state index contributed by atoms with van der Waals surface area (Å²) in [7, 11) is 1.91. The van der Waals surface area contributed by atoms with Crippen LogP contribution >= 0.6 is 0 Å². The Kier molecular flexibility index (Phi) is 3.63. The van der Waals surface area contributed by atoms with E-state index in [0.717, 1.165) is 17.8 Å². The lowest BCUT2D eigenvalue weighted by atomic mass is 10.2. The smallest absolute Gasteiger partial charge is 0.130 e. The Morgan fingerprint density at radius 1 is 1.39 bits per heavy atom. The van der Waals surface area contributed by atoms with Crippen LogP contribution in [0, 0.1) is 11.3 Å². The number of benzene rings is 1. The number of aryl methyl sites for hydroxylation is 2. The first-order valence-electron chi connectivity index (χ1n) is 5.87. The van der Waals surface area contributed by atoms with Gasteiger partial charge in [-0.15, -0.1) is 0 Å². The number of ether oxygens (including phenoxy) is 1. The first-order chi connectivity index (χ1) is 8.72. The van der Waals surface area contributed by atoms with E-state index in [2.05, 4.69) is 18.1 Å². The van der Waals surface area contributed by atoms with Gasteiger partial charge in [-0.05, 0) is 30.7 Å². The van der Waals surface area contributed by atoms with E-state index in [1.54, 1.807) is 12.1 Å². The first kappa shape index (κ1) is 12.2. The summed E-state index contributed by atoms with van der Waals surface area (Å²) in [5, 5.41) is 13.2. The summed E-state index contributed by atoms with van der Waals surface area (Å²) in [4.78, 5) is 0. The number of nitrogens with zero attached hydrogens (tertiary/aromatic N) is 3. The number of rotatable bonds is 4. The zero-order valence-electron chi connectivity index (χ0n) is 10.6. The van der Waals surface area contributed by atoms with E-state index in [1.807, 2.05) is 29.9 Å². The lowest BCUT2D eigenvalue weighted by Gasteiger charge is -2.06. The summed E-state index contributed by atoms with van der Waals surface area (Å²) >= 11 is 0. The Labute approximate surface area is 106 Å². The minimum absolute atomic E-state index is 0.457. The van der Waals surface area contributed by atoms with Crippen LogP contribution in [0.3, 0.4) is 0 Å².